The maximum Gasteiger partial charge on any atom is 0.187 e. The lowest BCUT2D eigenvalue weighted by molar-refractivity contribution is 0.104. The van der Waals surface area contributed by atoms with Crippen molar-refractivity contribution in [3.8, 4) is 11.5 Å². The summed E-state index contributed by atoms with van der Waals surface area (Å²) in [6.07, 6.45) is 9.27. The number of allylic oxidation sites excluding steroid dienone is 1. The van der Waals surface area contributed by atoms with E-state index in [1.54, 1.807) is 18.2 Å². The molecule has 4 nitrogen and oxygen atoms in total. The molecule has 0 N–H and O–H groups in total. The molecule has 1 aromatic rings. The van der Waals surface area contributed by atoms with Gasteiger partial charge in [0, 0.05) is 37.3 Å². The normalized spacial score (nSPS) is 18.6. The van der Waals surface area contributed by atoms with Crippen molar-refractivity contribution in [3.05, 3.63) is 35.0 Å². The van der Waals surface area contributed by atoms with Gasteiger partial charge in [-0.1, -0.05) is 24.4 Å². The Morgan fingerprint density at radius 2 is 1.78 bits per heavy atom. The highest BCUT2D eigenvalue weighted by molar-refractivity contribution is 6.32. The van der Waals surface area contributed by atoms with E-state index in [-0.39, 0.29) is 5.78 Å². The lowest BCUT2D eigenvalue weighted by Crippen LogP contribution is -2.18. The maximum absolute atomic E-state index is 12.4. The predicted molar refractivity (Wildman–Crippen MR) is 90.6 cm³/mol. The monoisotopic (exact) mass is 335 g/mol. The van der Waals surface area contributed by atoms with Gasteiger partial charge in [0.2, 0.25) is 0 Å². The van der Waals surface area contributed by atoms with E-state index in [2.05, 4.69) is 4.90 Å². The van der Waals surface area contributed by atoms with Crippen LogP contribution in [0.15, 0.2) is 24.4 Å². The van der Waals surface area contributed by atoms with Gasteiger partial charge in [-0.15, -0.1) is 0 Å². The first-order chi connectivity index (χ1) is 11.2. The van der Waals surface area contributed by atoms with Crippen molar-refractivity contribution < 1.29 is 14.3 Å². The van der Waals surface area contributed by atoms with Crippen LogP contribution < -0.4 is 9.47 Å². The molecule has 23 heavy (non-hydrogen) atoms. The largest absolute Gasteiger partial charge is 0.489 e. The lowest BCUT2D eigenvalue weighted by Gasteiger charge is -2.16. The number of hydrogen-bond acceptors (Lipinski definition) is 4. The molecule has 1 aromatic carbocycles. The zero-order valence-electron chi connectivity index (χ0n) is 13.2. The van der Waals surface area contributed by atoms with Crippen molar-refractivity contribution in [2.24, 2.45) is 0 Å². The molecule has 2 heterocycles. The number of fused-ring (bicyclic) bond motifs is 1. The van der Waals surface area contributed by atoms with Crippen molar-refractivity contribution in [1.82, 2.24) is 4.90 Å². The van der Waals surface area contributed by atoms with Crippen LogP contribution in [0.25, 0.3) is 0 Å². The SMILES string of the molecule is O=C(C=CN1CCCCCC1)c1cc(Cl)c2c(c1)OCCCO2. The van der Waals surface area contributed by atoms with E-state index in [0.29, 0.717) is 35.3 Å². The third-order valence-corrected chi connectivity index (χ3v) is 4.44. The standard InChI is InChI=1S/C18H22ClNO3/c19-15-12-14(13-17-18(15)23-11-5-10-22-17)16(21)6-9-20-7-3-1-2-4-8-20/h6,9,12-13H,1-5,7-8,10-11H2. The number of ketones is 1. The average molecular weight is 336 g/mol. The van der Waals surface area contributed by atoms with E-state index < -0.39 is 0 Å². The molecule has 0 spiro atoms. The number of benzene rings is 1. The van der Waals surface area contributed by atoms with E-state index in [1.807, 2.05) is 6.20 Å². The summed E-state index contributed by atoms with van der Waals surface area (Å²) >= 11 is 6.24. The number of carbonyl (C=O) groups excluding carboxylic acids is 1. The molecule has 0 bridgehead atoms. The first kappa shape index (κ1) is 16.2. The Hall–Kier alpha value is -1.68. The summed E-state index contributed by atoms with van der Waals surface area (Å²) in [5.41, 5.74) is 0.533. The summed E-state index contributed by atoms with van der Waals surface area (Å²) in [6.45, 7) is 3.19. The quantitative estimate of drug-likeness (QED) is 0.616. The van der Waals surface area contributed by atoms with Gasteiger partial charge in [-0.3, -0.25) is 4.79 Å². The molecule has 124 valence electrons. The summed E-state index contributed by atoms with van der Waals surface area (Å²) in [5.74, 6) is 1.03. The zero-order valence-corrected chi connectivity index (χ0v) is 14.0. The second-order valence-electron chi connectivity index (χ2n) is 5.97. The van der Waals surface area contributed by atoms with E-state index in [1.165, 1.54) is 25.7 Å². The third kappa shape index (κ3) is 4.20. The minimum atomic E-state index is -0.0632. The van der Waals surface area contributed by atoms with Crippen LogP contribution in [-0.4, -0.2) is 37.0 Å². The van der Waals surface area contributed by atoms with Gasteiger partial charge in [0.25, 0.3) is 0 Å². The fourth-order valence-electron chi connectivity index (χ4n) is 2.89. The highest BCUT2D eigenvalue weighted by Crippen LogP contribution is 2.38. The minimum absolute atomic E-state index is 0.0632. The fraction of sp³-hybridized carbons (Fsp3) is 0.500. The van der Waals surface area contributed by atoms with Crippen molar-refractivity contribution in [2.75, 3.05) is 26.3 Å². The molecule has 0 atom stereocenters. The van der Waals surface area contributed by atoms with Gasteiger partial charge in [-0.25, -0.2) is 0 Å². The number of carbonyl (C=O) groups is 1. The lowest BCUT2D eigenvalue weighted by atomic mass is 10.1. The first-order valence-corrected chi connectivity index (χ1v) is 8.67. The Balaban J connectivity index is 1.74. The first-order valence-electron chi connectivity index (χ1n) is 8.30. The van der Waals surface area contributed by atoms with E-state index in [9.17, 15) is 4.79 Å². The molecular weight excluding hydrogens is 314 g/mol. The summed E-state index contributed by atoms with van der Waals surface area (Å²) in [6, 6.07) is 3.38. The molecule has 2 aliphatic rings. The molecule has 0 saturated carbocycles. The summed E-state index contributed by atoms with van der Waals surface area (Å²) in [7, 11) is 0. The number of halogens is 1. The molecule has 1 fully saturated rings. The molecule has 0 aromatic heterocycles. The minimum Gasteiger partial charge on any atom is -0.489 e. The van der Waals surface area contributed by atoms with Crippen molar-refractivity contribution in [3.63, 3.8) is 0 Å². The molecule has 5 heteroatoms. The van der Waals surface area contributed by atoms with Crippen LogP contribution >= 0.6 is 11.6 Å². The second-order valence-corrected chi connectivity index (χ2v) is 6.37. The topological polar surface area (TPSA) is 38.8 Å². The van der Waals surface area contributed by atoms with Gasteiger partial charge in [-0.2, -0.15) is 0 Å². The number of hydrogen-bond donors (Lipinski definition) is 0. The van der Waals surface area contributed by atoms with Crippen LogP contribution in [0.4, 0.5) is 0 Å². The molecule has 0 radical (unpaired) electrons. The number of rotatable bonds is 3. The Morgan fingerprint density at radius 1 is 1.04 bits per heavy atom. The van der Waals surface area contributed by atoms with Crippen LogP contribution in [0.1, 0.15) is 42.5 Å². The van der Waals surface area contributed by atoms with Crippen LogP contribution in [0.3, 0.4) is 0 Å². The van der Waals surface area contributed by atoms with Gasteiger partial charge in [-0.05, 0) is 25.0 Å². The van der Waals surface area contributed by atoms with Crippen LogP contribution in [0.5, 0.6) is 11.5 Å². The Bertz CT molecular complexity index is 592. The third-order valence-electron chi connectivity index (χ3n) is 4.16. The van der Waals surface area contributed by atoms with Crippen LogP contribution in [-0.2, 0) is 0 Å². The van der Waals surface area contributed by atoms with Crippen LogP contribution in [0.2, 0.25) is 5.02 Å². The smallest absolute Gasteiger partial charge is 0.187 e. The van der Waals surface area contributed by atoms with Crippen LogP contribution in [0, 0.1) is 0 Å². The zero-order chi connectivity index (χ0) is 16.1. The van der Waals surface area contributed by atoms with Crippen molar-refractivity contribution in [2.45, 2.75) is 32.1 Å². The fourth-order valence-corrected chi connectivity index (χ4v) is 3.15. The van der Waals surface area contributed by atoms with Crippen molar-refractivity contribution >= 4 is 17.4 Å². The molecular formula is C18H22ClNO3. The van der Waals surface area contributed by atoms with Gasteiger partial charge in [0.15, 0.2) is 17.3 Å². The van der Waals surface area contributed by atoms with Gasteiger partial charge in [0.05, 0.1) is 18.2 Å². The van der Waals surface area contributed by atoms with E-state index in [0.717, 1.165) is 19.5 Å². The number of nitrogens with zero attached hydrogens (tertiary/aromatic N) is 1. The molecule has 2 aliphatic heterocycles. The predicted octanol–water partition coefficient (Wildman–Crippen LogP) is 4.07. The number of likely N-dealkylation sites (tertiary alicyclic amines) is 1. The summed E-state index contributed by atoms with van der Waals surface area (Å²) in [4.78, 5) is 14.6. The molecule has 0 aliphatic carbocycles. The maximum atomic E-state index is 12.4. The number of ether oxygens (including phenoxy) is 2. The van der Waals surface area contributed by atoms with E-state index >= 15 is 0 Å². The Labute approximate surface area is 142 Å². The summed E-state index contributed by atoms with van der Waals surface area (Å²) < 4.78 is 11.2. The molecule has 3 rings (SSSR count). The molecule has 1 saturated heterocycles. The summed E-state index contributed by atoms with van der Waals surface area (Å²) in [5, 5.41) is 0.427. The second kappa shape index (κ2) is 7.73. The average Bonchev–Trinajstić information content (AvgIpc) is 2.95. The van der Waals surface area contributed by atoms with Gasteiger partial charge < -0.3 is 14.4 Å². The van der Waals surface area contributed by atoms with Crippen molar-refractivity contribution in [1.29, 1.82) is 0 Å². The highest BCUT2D eigenvalue weighted by Gasteiger charge is 2.17. The Morgan fingerprint density at radius 3 is 2.57 bits per heavy atom. The van der Waals surface area contributed by atoms with E-state index in [4.69, 9.17) is 21.1 Å². The molecule has 0 amide bonds. The Kier molecular flexibility index (Phi) is 5.44. The van der Waals surface area contributed by atoms with Gasteiger partial charge >= 0.3 is 0 Å². The molecule has 0 unspecified atom stereocenters. The highest BCUT2D eigenvalue weighted by atomic mass is 35.5. The van der Waals surface area contributed by atoms with Gasteiger partial charge in [0.1, 0.15) is 0 Å².